The molecule has 0 aliphatic carbocycles. The molecule has 1 N–H and O–H groups in total. The molecule has 0 spiro atoms. The molecule has 0 radical (unpaired) electrons. The number of nitrogens with one attached hydrogen (secondary N) is 1. The van der Waals surface area contributed by atoms with Crippen LogP contribution in [0.3, 0.4) is 0 Å². The van der Waals surface area contributed by atoms with Gasteiger partial charge in [-0.05, 0) is 38.9 Å². The summed E-state index contributed by atoms with van der Waals surface area (Å²) >= 11 is 0. The molecule has 0 bridgehead atoms. The van der Waals surface area contributed by atoms with Gasteiger partial charge in [0.25, 0.3) is 0 Å². The summed E-state index contributed by atoms with van der Waals surface area (Å²) in [4.78, 5) is 16.0. The van der Waals surface area contributed by atoms with E-state index in [4.69, 9.17) is 4.74 Å². The van der Waals surface area contributed by atoms with Crippen molar-refractivity contribution in [3.05, 3.63) is 29.8 Å². The number of carbonyl (C=O) groups is 1. The zero-order chi connectivity index (χ0) is 13.6. The molecule has 1 rings (SSSR count). The van der Waals surface area contributed by atoms with E-state index in [9.17, 15) is 9.18 Å². The standard InChI is InChI=1S/C13H19FN2O2/c1-4-8-16-13(3,12(17)18-5-2)11-7-6-10(14)9-15-11/h6-7,9,16H,4-5,8H2,1-3H3. The zero-order valence-electron chi connectivity index (χ0n) is 11.0. The van der Waals surface area contributed by atoms with E-state index in [2.05, 4.69) is 10.3 Å². The van der Waals surface area contributed by atoms with Crippen LogP contribution in [0.2, 0.25) is 0 Å². The summed E-state index contributed by atoms with van der Waals surface area (Å²) in [5.74, 6) is -0.835. The second-order valence-electron chi connectivity index (χ2n) is 4.13. The van der Waals surface area contributed by atoms with Crippen molar-refractivity contribution in [3.8, 4) is 0 Å². The summed E-state index contributed by atoms with van der Waals surface area (Å²) in [7, 11) is 0. The summed E-state index contributed by atoms with van der Waals surface area (Å²) in [6, 6.07) is 2.78. The van der Waals surface area contributed by atoms with E-state index in [-0.39, 0.29) is 0 Å². The molecular formula is C13H19FN2O2. The Morgan fingerprint density at radius 2 is 2.22 bits per heavy atom. The molecule has 1 unspecified atom stereocenters. The number of halogens is 1. The van der Waals surface area contributed by atoms with Crippen LogP contribution in [0.5, 0.6) is 0 Å². The highest BCUT2D eigenvalue weighted by molar-refractivity contribution is 5.81. The largest absolute Gasteiger partial charge is 0.464 e. The quantitative estimate of drug-likeness (QED) is 0.789. The lowest BCUT2D eigenvalue weighted by Crippen LogP contribution is -2.48. The van der Waals surface area contributed by atoms with Crippen LogP contribution in [0.4, 0.5) is 4.39 Å². The first-order valence-corrected chi connectivity index (χ1v) is 6.08. The lowest BCUT2D eigenvalue weighted by Gasteiger charge is -2.27. The molecule has 4 nitrogen and oxygen atoms in total. The van der Waals surface area contributed by atoms with E-state index in [0.717, 1.165) is 12.6 Å². The predicted octanol–water partition coefficient (Wildman–Crippen LogP) is 2.00. The van der Waals surface area contributed by atoms with Crippen molar-refractivity contribution in [3.63, 3.8) is 0 Å². The minimum atomic E-state index is -1.04. The third-order valence-electron chi connectivity index (χ3n) is 2.65. The van der Waals surface area contributed by atoms with E-state index in [1.54, 1.807) is 13.8 Å². The summed E-state index contributed by atoms with van der Waals surface area (Å²) in [6.45, 7) is 6.38. The summed E-state index contributed by atoms with van der Waals surface area (Å²) < 4.78 is 17.9. The molecular weight excluding hydrogens is 235 g/mol. The number of hydrogen-bond donors (Lipinski definition) is 1. The molecule has 18 heavy (non-hydrogen) atoms. The topological polar surface area (TPSA) is 51.2 Å². The van der Waals surface area contributed by atoms with E-state index < -0.39 is 17.3 Å². The zero-order valence-corrected chi connectivity index (χ0v) is 11.0. The number of rotatable bonds is 6. The van der Waals surface area contributed by atoms with E-state index in [0.29, 0.717) is 18.8 Å². The molecule has 1 aromatic heterocycles. The molecule has 0 aliphatic heterocycles. The van der Waals surface area contributed by atoms with Crippen molar-refractivity contribution in [1.29, 1.82) is 0 Å². The SMILES string of the molecule is CCCNC(C)(C(=O)OCC)c1ccc(F)cn1. The number of nitrogens with zero attached hydrogens (tertiary/aromatic N) is 1. The van der Waals surface area contributed by atoms with Crippen molar-refractivity contribution in [2.45, 2.75) is 32.7 Å². The van der Waals surface area contributed by atoms with Gasteiger partial charge in [-0.15, -0.1) is 0 Å². The third kappa shape index (κ3) is 3.26. The minimum Gasteiger partial charge on any atom is -0.464 e. The molecule has 0 amide bonds. The van der Waals surface area contributed by atoms with E-state index in [1.807, 2.05) is 6.92 Å². The first kappa shape index (κ1) is 14.6. The molecule has 0 aliphatic rings. The van der Waals surface area contributed by atoms with Crippen molar-refractivity contribution >= 4 is 5.97 Å². The molecule has 100 valence electrons. The van der Waals surface area contributed by atoms with Gasteiger partial charge in [0, 0.05) is 0 Å². The molecule has 0 fully saturated rings. The fourth-order valence-corrected chi connectivity index (χ4v) is 1.59. The maximum atomic E-state index is 12.9. The van der Waals surface area contributed by atoms with E-state index >= 15 is 0 Å². The third-order valence-corrected chi connectivity index (χ3v) is 2.65. The average molecular weight is 254 g/mol. The van der Waals surface area contributed by atoms with Crippen LogP contribution in [-0.2, 0) is 15.1 Å². The van der Waals surface area contributed by atoms with Gasteiger partial charge >= 0.3 is 5.97 Å². The van der Waals surface area contributed by atoms with Crippen molar-refractivity contribution in [1.82, 2.24) is 10.3 Å². The molecule has 1 heterocycles. The first-order chi connectivity index (χ1) is 8.54. The van der Waals surface area contributed by atoms with Crippen LogP contribution in [-0.4, -0.2) is 24.1 Å². The molecule has 5 heteroatoms. The first-order valence-electron chi connectivity index (χ1n) is 6.08. The second kappa shape index (κ2) is 6.44. The Hall–Kier alpha value is -1.49. The van der Waals surface area contributed by atoms with Gasteiger partial charge in [0.2, 0.25) is 0 Å². The molecule has 0 aromatic carbocycles. The number of carbonyl (C=O) groups excluding carboxylic acids is 1. The molecule has 0 saturated carbocycles. The summed E-state index contributed by atoms with van der Waals surface area (Å²) in [5, 5.41) is 3.11. The number of ether oxygens (including phenoxy) is 1. The van der Waals surface area contributed by atoms with Gasteiger partial charge in [-0.2, -0.15) is 0 Å². The Morgan fingerprint density at radius 3 is 2.72 bits per heavy atom. The van der Waals surface area contributed by atoms with Crippen LogP contribution in [0.25, 0.3) is 0 Å². The van der Waals surface area contributed by atoms with Gasteiger partial charge in [-0.1, -0.05) is 6.92 Å². The normalized spacial score (nSPS) is 14.0. The van der Waals surface area contributed by atoms with Crippen molar-refractivity contribution < 1.29 is 13.9 Å². The monoisotopic (exact) mass is 254 g/mol. The Morgan fingerprint density at radius 1 is 1.50 bits per heavy atom. The Bertz CT molecular complexity index is 394. The highest BCUT2D eigenvalue weighted by Crippen LogP contribution is 2.20. The van der Waals surface area contributed by atoms with Crippen LogP contribution >= 0.6 is 0 Å². The van der Waals surface area contributed by atoms with Crippen LogP contribution < -0.4 is 5.32 Å². The number of pyridine rings is 1. The lowest BCUT2D eigenvalue weighted by molar-refractivity contribution is -0.151. The second-order valence-corrected chi connectivity index (χ2v) is 4.13. The minimum absolute atomic E-state index is 0.295. The predicted molar refractivity (Wildman–Crippen MR) is 66.5 cm³/mol. The fraction of sp³-hybridized carbons (Fsp3) is 0.538. The Balaban J connectivity index is 3.02. The van der Waals surface area contributed by atoms with Gasteiger partial charge in [0.1, 0.15) is 5.82 Å². The van der Waals surface area contributed by atoms with Gasteiger partial charge in [0.15, 0.2) is 5.54 Å². The number of aromatic nitrogens is 1. The smallest absolute Gasteiger partial charge is 0.332 e. The summed E-state index contributed by atoms with van der Waals surface area (Å²) in [5.41, 5.74) is -0.588. The van der Waals surface area contributed by atoms with Crippen molar-refractivity contribution in [2.24, 2.45) is 0 Å². The fourth-order valence-electron chi connectivity index (χ4n) is 1.59. The van der Waals surface area contributed by atoms with Gasteiger partial charge in [0.05, 0.1) is 18.5 Å². The highest BCUT2D eigenvalue weighted by atomic mass is 19.1. The number of esters is 1. The molecule has 1 aromatic rings. The van der Waals surface area contributed by atoms with Crippen LogP contribution in [0.15, 0.2) is 18.3 Å². The van der Waals surface area contributed by atoms with Crippen LogP contribution in [0, 0.1) is 5.82 Å². The summed E-state index contributed by atoms with van der Waals surface area (Å²) in [6.07, 6.45) is 1.97. The lowest BCUT2D eigenvalue weighted by atomic mass is 9.97. The van der Waals surface area contributed by atoms with Crippen molar-refractivity contribution in [2.75, 3.05) is 13.2 Å². The maximum Gasteiger partial charge on any atom is 0.332 e. The Kier molecular flexibility index (Phi) is 5.22. The average Bonchev–Trinajstić information content (AvgIpc) is 2.37. The van der Waals surface area contributed by atoms with E-state index in [1.165, 1.54) is 12.1 Å². The van der Waals surface area contributed by atoms with Gasteiger partial charge < -0.3 is 4.74 Å². The molecule has 1 atom stereocenters. The van der Waals surface area contributed by atoms with Gasteiger partial charge in [-0.25, -0.2) is 9.18 Å². The van der Waals surface area contributed by atoms with Gasteiger partial charge in [-0.3, -0.25) is 10.3 Å². The Labute approximate surface area is 107 Å². The highest BCUT2D eigenvalue weighted by Gasteiger charge is 2.37. The molecule has 0 saturated heterocycles. The van der Waals surface area contributed by atoms with Crippen LogP contribution in [0.1, 0.15) is 32.9 Å². The maximum absolute atomic E-state index is 12.9. The number of hydrogen-bond acceptors (Lipinski definition) is 4.